The van der Waals surface area contributed by atoms with E-state index in [9.17, 15) is 0 Å². The fourth-order valence-corrected chi connectivity index (χ4v) is 3.43. The summed E-state index contributed by atoms with van der Waals surface area (Å²) in [5.41, 5.74) is 0.633. The maximum Gasteiger partial charge on any atom is 0.147 e. The Balaban J connectivity index is 1.47. The molecule has 1 fully saturated rings. The first-order chi connectivity index (χ1) is 12.1. The zero-order valence-electron chi connectivity index (χ0n) is 15.0. The number of nitriles is 1. The Morgan fingerprint density at radius 1 is 1.36 bits per heavy atom. The van der Waals surface area contributed by atoms with Crippen molar-refractivity contribution in [2.45, 2.75) is 33.2 Å². The molecule has 1 atom stereocenters. The molecule has 0 spiro atoms. The third-order valence-electron chi connectivity index (χ3n) is 4.64. The minimum atomic E-state index is 0.607. The van der Waals surface area contributed by atoms with Crippen LogP contribution in [-0.4, -0.2) is 45.9 Å². The molecule has 25 heavy (non-hydrogen) atoms. The molecule has 0 unspecified atom stereocenters. The van der Waals surface area contributed by atoms with Gasteiger partial charge in [-0.2, -0.15) is 10.4 Å². The van der Waals surface area contributed by atoms with Crippen LogP contribution in [0.25, 0.3) is 0 Å². The maximum absolute atomic E-state index is 8.94. The highest BCUT2D eigenvalue weighted by atomic mass is 16.5. The number of nitrogens with zero attached hydrogens (tertiary/aromatic N) is 5. The zero-order chi connectivity index (χ0) is 17.6. The average Bonchev–Trinajstić information content (AvgIpc) is 2.92. The van der Waals surface area contributed by atoms with Crippen LogP contribution in [0.15, 0.2) is 24.3 Å². The van der Waals surface area contributed by atoms with Crippen molar-refractivity contribution in [1.82, 2.24) is 19.7 Å². The Kier molecular flexibility index (Phi) is 5.67. The van der Waals surface area contributed by atoms with E-state index in [1.54, 1.807) is 12.1 Å². The van der Waals surface area contributed by atoms with Crippen LogP contribution >= 0.6 is 0 Å². The first-order valence-corrected chi connectivity index (χ1v) is 8.87. The molecule has 1 saturated heterocycles. The van der Waals surface area contributed by atoms with Crippen LogP contribution < -0.4 is 4.74 Å². The lowest BCUT2D eigenvalue weighted by molar-refractivity contribution is 0.136. The number of likely N-dealkylation sites (tertiary alicyclic amines) is 1. The van der Waals surface area contributed by atoms with Crippen molar-refractivity contribution >= 4 is 0 Å². The third kappa shape index (κ3) is 4.80. The van der Waals surface area contributed by atoms with E-state index in [-0.39, 0.29) is 0 Å². The summed E-state index contributed by atoms with van der Waals surface area (Å²) < 4.78 is 7.84. The molecular weight excluding hydrogens is 314 g/mol. The molecule has 1 aromatic heterocycles. The number of piperidine rings is 1. The number of hydrogen-bond donors (Lipinski definition) is 0. The molecule has 3 rings (SSSR count). The molecule has 132 valence electrons. The Morgan fingerprint density at radius 3 is 3.00 bits per heavy atom. The van der Waals surface area contributed by atoms with Crippen LogP contribution in [0.1, 0.15) is 30.1 Å². The summed E-state index contributed by atoms with van der Waals surface area (Å²) in [6.07, 6.45) is 2.45. The highest BCUT2D eigenvalue weighted by Gasteiger charge is 2.21. The van der Waals surface area contributed by atoms with E-state index in [2.05, 4.69) is 21.1 Å². The van der Waals surface area contributed by atoms with E-state index in [1.807, 2.05) is 30.7 Å². The predicted octanol–water partition coefficient (Wildman–Crippen LogP) is 2.56. The molecule has 1 aliphatic rings. The fourth-order valence-electron chi connectivity index (χ4n) is 3.43. The lowest BCUT2D eigenvalue weighted by Crippen LogP contribution is -2.39. The number of benzene rings is 1. The number of aromatic nitrogens is 3. The van der Waals surface area contributed by atoms with Gasteiger partial charge in [-0.25, -0.2) is 9.67 Å². The van der Waals surface area contributed by atoms with Gasteiger partial charge in [0.25, 0.3) is 0 Å². The summed E-state index contributed by atoms with van der Waals surface area (Å²) in [6, 6.07) is 9.47. The van der Waals surface area contributed by atoms with Gasteiger partial charge in [0.1, 0.15) is 24.0 Å². The van der Waals surface area contributed by atoms with Gasteiger partial charge in [-0.15, -0.1) is 0 Å². The first-order valence-electron chi connectivity index (χ1n) is 8.87. The van der Waals surface area contributed by atoms with Crippen LogP contribution in [0.2, 0.25) is 0 Å². The van der Waals surface area contributed by atoms with Gasteiger partial charge in [0.2, 0.25) is 0 Å². The molecule has 6 nitrogen and oxygen atoms in total. The second-order valence-corrected chi connectivity index (χ2v) is 6.69. The summed E-state index contributed by atoms with van der Waals surface area (Å²) in [4.78, 5) is 6.85. The van der Waals surface area contributed by atoms with Crippen molar-refractivity contribution in [3.8, 4) is 11.8 Å². The van der Waals surface area contributed by atoms with Crippen LogP contribution in [0.3, 0.4) is 0 Å². The SMILES string of the molecule is Cc1nc(C)n(C[C@H]2CCCN(CCOc3cccc(C#N)c3)C2)n1. The Morgan fingerprint density at radius 2 is 2.24 bits per heavy atom. The molecule has 0 aliphatic carbocycles. The predicted molar refractivity (Wildman–Crippen MR) is 95.3 cm³/mol. The largest absolute Gasteiger partial charge is 0.492 e. The summed E-state index contributed by atoms with van der Waals surface area (Å²) in [5.74, 6) is 3.21. The second kappa shape index (κ2) is 8.13. The Bertz CT molecular complexity index is 749. The van der Waals surface area contributed by atoms with Crippen molar-refractivity contribution < 1.29 is 4.74 Å². The van der Waals surface area contributed by atoms with Gasteiger partial charge in [0.15, 0.2) is 0 Å². The van der Waals surface area contributed by atoms with Crippen LogP contribution in [0.4, 0.5) is 0 Å². The molecular formula is C19H25N5O. The van der Waals surface area contributed by atoms with Gasteiger partial charge in [0, 0.05) is 19.6 Å². The number of ether oxygens (including phenoxy) is 1. The summed E-state index contributed by atoms with van der Waals surface area (Å²) in [7, 11) is 0. The van der Waals surface area contributed by atoms with E-state index in [0.29, 0.717) is 18.1 Å². The van der Waals surface area contributed by atoms with E-state index in [0.717, 1.165) is 43.6 Å². The van der Waals surface area contributed by atoms with E-state index < -0.39 is 0 Å². The van der Waals surface area contributed by atoms with Crippen molar-refractivity contribution in [1.29, 1.82) is 5.26 Å². The minimum Gasteiger partial charge on any atom is -0.492 e. The minimum absolute atomic E-state index is 0.607. The summed E-state index contributed by atoms with van der Waals surface area (Å²) in [5, 5.41) is 13.4. The van der Waals surface area contributed by atoms with Crippen LogP contribution in [0.5, 0.6) is 5.75 Å². The number of aryl methyl sites for hydroxylation is 2. The van der Waals surface area contributed by atoms with E-state index in [1.165, 1.54) is 12.8 Å². The molecule has 1 aliphatic heterocycles. The highest BCUT2D eigenvalue weighted by molar-refractivity contribution is 5.36. The van der Waals surface area contributed by atoms with Gasteiger partial charge in [-0.3, -0.25) is 4.90 Å². The van der Waals surface area contributed by atoms with Crippen LogP contribution in [0, 0.1) is 31.1 Å². The quantitative estimate of drug-likeness (QED) is 0.809. The standard InChI is InChI=1S/C19H25N5O/c1-15-21-16(2)24(22-15)14-18-6-4-8-23(13-18)9-10-25-19-7-3-5-17(11-19)12-20/h3,5,7,11,18H,4,6,8-10,13-14H2,1-2H3/t18-/m0/s1. The van der Waals surface area contributed by atoms with Crippen LogP contribution in [-0.2, 0) is 6.54 Å². The molecule has 0 saturated carbocycles. The molecule has 2 heterocycles. The molecule has 2 aromatic rings. The molecule has 0 N–H and O–H groups in total. The Hall–Kier alpha value is -2.39. The van der Waals surface area contributed by atoms with Gasteiger partial charge in [-0.1, -0.05) is 6.07 Å². The number of hydrogen-bond acceptors (Lipinski definition) is 5. The maximum atomic E-state index is 8.94. The fraction of sp³-hybridized carbons (Fsp3) is 0.526. The van der Waals surface area contributed by atoms with E-state index >= 15 is 0 Å². The van der Waals surface area contributed by atoms with E-state index in [4.69, 9.17) is 10.00 Å². The molecule has 6 heteroatoms. The topological polar surface area (TPSA) is 67.0 Å². The summed E-state index contributed by atoms with van der Waals surface area (Å²) >= 11 is 0. The first kappa shape index (κ1) is 17.4. The normalized spacial score (nSPS) is 18.0. The van der Waals surface area contributed by atoms with Gasteiger partial charge < -0.3 is 4.74 Å². The highest BCUT2D eigenvalue weighted by Crippen LogP contribution is 2.19. The van der Waals surface area contributed by atoms with Gasteiger partial charge in [-0.05, 0) is 57.4 Å². The lowest BCUT2D eigenvalue weighted by atomic mass is 9.98. The second-order valence-electron chi connectivity index (χ2n) is 6.69. The molecule has 0 radical (unpaired) electrons. The molecule has 0 bridgehead atoms. The van der Waals surface area contributed by atoms with Crippen molar-refractivity contribution in [2.75, 3.05) is 26.2 Å². The average molecular weight is 339 g/mol. The molecule has 0 amide bonds. The van der Waals surface area contributed by atoms with Gasteiger partial charge in [0.05, 0.1) is 11.6 Å². The lowest BCUT2D eigenvalue weighted by Gasteiger charge is -2.32. The smallest absolute Gasteiger partial charge is 0.147 e. The Labute approximate surface area is 149 Å². The molecule has 1 aromatic carbocycles. The zero-order valence-corrected chi connectivity index (χ0v) is 15.0. The monoisotopic (exact) mass is 339 g/mol. The van der Waals surface area contributed by atoms with Crippen molar-refractivity contribution in [2.24, 2.45) is 5.92 Å². The van der Waals surface area contributed by atoms with Crippen molar-refractivity contribution in [3.63, 3.8) is 0 Å². The van der Waals surface area contributed by atoms with Crippen molar-refractivity contribution in [3.05, 3.63) is 41.5 Å². The third-order valence-corrected chi connectivity index (χ3v) is 4.64. The summed E-state index contributed by atoms with van der Waals surface area (Å²) in [6.45, 7) is 8.63. The number of rotatable bonds is 6. The van der Waals surface area contributed by atoms with Gasteiger partial charge >= 0.3 is 0 Å².